The van der Waals surface area contributed by atoms with Gasteiger partial charge >= 0.3 is 0 Å². The van der Waals surface area contributed by atoms with Crippen molar-refractivity contribution in [2.45, 2.75) is 86.0 Å². The third-order valence-electron chi connectivity index (χ3n) is 11.2. The maximum Gasteiger partial charge on any atom is 0.276 e. The maximum atomic E-state index is 13.9. The minimum absolute atomic E-state index is 0.0513. The number of Topliss-reactive ketones (excluding diaryl/α,β-unsaturated/α-hetero) is 1. The summed E-state index contributed by atoms with van der Waals surface area (Å²) >= 11 is 0. The highest BCUT2D eigenvalue weighted by Crippen LogP contribution is 2.33. The van der Waals surface area contributed by atoms with Crippen LogP contribution in [0.5, 0.6) is 11.5 Å². The van der Waals surface area contributed by atoms with Crippen molar-refractivity contribution >= 4 is 51.5 Å². The zero-order valence-electron chi connectivity index (χ0n) is 35.9. The zero-order chi connectivity index (χ0) is 44.1. The van der Waals surface area contributed by atoms with Crippen LogP contribution in [0.15, 0.2) is 48.6 Å². The Morgan fingerprint density at radius 2 is 1.39 bits per heavy atom. The molecule has 1 aliphatic heterocycles. The summed E-state index contributed by atoms with van der Waals surface area (Å²) in [6.07, 6.45) is 7.86. The molecule has 1 fully saturated rings. The molecule has 0 unspecified atom stereocenters. The number of nitrogens with zero attached hydrogens (tertiary/aromatic N) is 8. The van der Waals surface area contributed by atoms with Gasteiger partial charge in [-0.05, 0) is 109 Å². The van der Waals surface area contributed by atoms with Gasteiger partial charge in [-0.1, -0.05) is 12.2 Å². The maximum absolute atomic E-state index is 13.9. The Balaban J connectivity index is 1.25. The molecule has 5 heterocycles. The molecule has 6 aromatic rings. The van der Waals surface area contributed by atoms with Gasteiger partial charge in [0.25, 0.3) is 5.91 Å². The molecule has 3 amide bonds. The molecule has 7 rings (SSSR count). The number of aryl methyl sites for hydroxylation is 4. The first-order chi connectivity index (χ1) is 29.9. The number of carbonyl (C=O) groups excluding carboxylic acids is 4. The summed E-state index contributed by atoms with van der Waals surface area (Å²) in [6.45, 7) is 11.4. The van der Waals surface area contributed by atoms with Crippen molar-refractivity contribution in [3.63, 3.8) is 0 Å². The van der Waals surface area contributed by atoms with E-state index in [1.807, 2.05) is 44.4 Å². The molecule has 6 N–H and O–H groups in total. The van der Waals surface area contributed by atoms with Gasteiger partial charge in [0, 0.05) is 37.3 Å². The van der Waals surface area contributed by atoms with E-state index in [2.05, 4.69) is 20.8 Å². The lowest BCUT2D eigenvalue weighted by atomic mass is 9.93. The molecule has 1 saturated heterocycles. The van der Waals surface area contributed by atoms with Gasteiger partial charge in [0.15, 0.2) is 5.78 Å². The zero-order valence-corrected chi connectivity index (χ0v) is 35.9. The average molecular weight is 847 g/mol. The Morgan fingerprint density at radius 1 is 0.806 bits per heavy atom. The van der Waals surface area contributed by atoms with E-state index in [1.54, 1.807) is 44.3 Å². The molecular weight excluding hydrogens is 793 g/mol. The second kappa shape index (κ2) is 18.8. The highest BCUT2D eigenvalue weighted by molar-refractivity contribution is 6.04. The van der Waals surface area contributed by atoms with Crippen LogP contribution in [0, 0.1) is 19.8 Å². The molecule has 62 heavy (non-hydrogen) atoms. The molecule has 18 heteroatoms. The third kappa shape index (κ3) is 9.24. The molecule has 0 saturated carbocycles. The molecule has 2 aromatic carbocycles. The number of piperidine rings is 1. The second-order valence-corrected chi connectivity index (χ2v) is 15.5. The topological polar surface area (TPSA) is 234 Å². The van der Waals surface area contributed by atoms with Gasteiger partial charge in [-0.2, -0.15) is 10.2 Å². The Labute approximate surface area is 358 Å². The average Bonchev–Trinajstić information content (AvgIpc) is 4.03. The number of benzene rings is 2. The second-order valence-electron chi connectivity index (χ2n) is 15.5. The first-order valence-electron chi connectivity index (χ1n) is 21.0. The minimum atomic E-state index is -0.656. The van der Waals surface area contributed by atoms with Gasteiger partial charge in [-0.15, -0.1) is 0 Å². The fourth-order valence-electron chi connectivity index (χ4n) is 8.13. The van der Waals surface area contributed by atoms with Crippen molar-refractivity contribution in [1.29, 1.82) is 0 Å². The lowest BCUT2D eigenvalue weighted by Crippen LogP contribution is -2.27. The number of ether oxygens (including phenoxy) is 2. The van der Waals surface area contributed by atoms with Gasteiger partial charge in [-0.3, -0.25) is 33.9 Å². The number of hydrogen-bond donors (Lipinski definition) is 4. The van der Waals surface area contributed by atoms with E-state index < -0.39 is 17.7 Å². The Morgan fingerprint density at radius 3 is 2.02 bits per heavy atom. The van der Waals surface area contributed by atoms with Gasteiger partial charge in [0.1, 0.15) is 39.7 Å². The van der Waals surface area contributed by atoms with Crippen LogP contribution in [0.1, 0.15) is 98.4 Å². The van der Waals surface area contributed by atoms with E-state index >= 15 is 0 Å². The number of nitrogens with one attached hydrogen (secondary N) is 2. The number of allylic oxidation sites excluding steroid dienone is 2. The normalized spacial score (nSPS) is 13.4. The molecule has 18 nitrogen and oxygen atoms in total. The van der Waals surface area contributed by atoms with E-state index in [4.69, 9.17) is 30.9 Å². The van der Waals surface area contributed by atoms with E-state index in [0.29, 0.717) is 82.1 Å². The molecule has 0 radical (unpaired) electrons. The van der Waals surface area contributed by atoms with Crippen LogP contribution < -0.4 is 31.6 Å². The van der Waals surface area contributed by atoms with Crippen LogP contribution in [0.3, 0.4) is 0 Å². The van der Waals surface area contributed by atoms with E-state index in [0.717, 1.165) is 44.5 Å². The molecule has 0 atom stereocenters. The van der Waals surface area contributed by atoms with E-state index in [1.165, 1.54) is 13.2 Å². The number of hydrogen-bond acceptors (Lipinski definition) is 11. The number of aromatic nitrogens is 8. The van der Waals surface area contributed by atoms with Gasteiger partial charge in [0.05, 0.1) is 42.6 Å². The standard InChI is InChI=1S/C44H54N12O6/c1-6-55-33(19-26(3)51-55)35(57)25-38-48-31-21-30(42(46)59)24-37(62-18-10-11-28-12-14-47-15-13-28)40(31)53(38)16-8-9-17-54-39-32(22-29(41(45)58)23-36(39)61-5)49-44(54)50-43(60)34-20-27(4)52-56(34)7-2/h8-9,19-24,28,47H,6-7,10-18,25H2,1-5H3,(H2,45,58)(H2,46,59)(H,49,50,60)/b9-8+. The number of rotatable bonds is 19. The number of nitrogens with two attached hydrogens (primary N) is 2. The van der Waals surface area contributed by atoms with Crippen LogP contribution in [0.2, 0.25) is 0 Å². The quantitative estimate of drug-likeness (QED) is 0.0494. The summed E-state index contributed by atoms with van der Waals surface area (Å²) in [5.41, 5.74) is 16.1. The van der Waals surface area contributed by atoms with Crippen molar-refractivity contribution in [1.82, 2.24) is 44.0 Å². The van der Waals surface area contributed by atoms with Gasteiger partial charge < -0.3 is 35.4 Å². The SMILES string of the molecule is CCn1nc(C)cc1C(=O)Cc1nc2cc(C(N)=O)cc(OCCCC3CCNCC3)c2n1C/C=C/Cn1c(NC(=O)c2cc(C)nn2CC)nc2cc(C(N)=O)cc(OC)c21. The van der Waals surface area contributed by atoms with E-state index in [-0.39, 0.29) is 42.4 Å². The number of anilines is 1. The summed E-state index contributed by atoms with van der Waals surface area (Å²) in [4.78, 5) is 62.1. The third-order valence-corrected chi connectivity index (χ3v) is 11.2. The summed E-state index contributed by atoms with van der Waals surface area (Å²) in [6, 6.07) is 9.82. The lowest BCUT2D eigenvalue weighted by molar-refractivity contribution is 0.0975. The molecule has 0 bridgehead atoms. The summed E-state index contributed by atoms with van der Waals surface area (Å²) in [7, 11) is 1.48. The molecule has 326 valence electrons. The van der Waals surface area contributed by atoms with Crippen LogP contribution in [-0.2, 0) is 32.6 Å². The van der Waals surface area contributed by atoms with Gasteiger partial charge in [-0.25, -0.2) is 9.97 Å². The fraction of sp³-hybridized carbons (Fsp3) is 0.409. The van der Waals surface area contributed by atoms with Crippen LogP contribution in [0.25, 0.3) is 22.1 Å². The molecular formula is C44H54N12O6. The minimum Gasteiger partial charge on any atom is -0.494 e. The number of fused-ring (bicyclic) bond motifs is 2. The van der Waals surface area contributed by atoms with E-state index in [9.17, 15) is 19.2 Å². The van der Waals surface area contributed by atoms with Gasteiger partial charge in [0.2, 0.25) is 17.8 Å². The van der Waals surface area contributed by atoms with Crippen LogP contribution >= 0.6 is 0 Å². The largest absolute Gasteiger partial charge is 0.494 e. The van der Waals surface area contributed by atoms with Crippen molar-refractivity contribution in [3.8, 4) is 11.5 Å². The Bertz CT molecular complexity index is 2680. The Hall–Kier alpha value is -6.82. The Kier molecular flexibility index (Phi) is 13.2. The molecule has 0 aliphatic carbocycles. The van der Waals surface area contributed by atoms with Crippen molar-refractivity contribution in [2.75, 3.05) is 32.1 Å². The monoisotopic (exact) mass is 846 g/mol. The molecule has 0 spiro atoms. The summed E-state index contributed by atoms with van der Waals surface area (Å²) in [5.74, 6) is 0.209. The fourth-order valence-corrected chi connectivity index (χ4v) is 8.13. The van der Waals surface area contributed by atoms with Crippen molar-refractivity contribution in [2.24, 2.45) is 17.4 Å². The first-order valence-corrected chi connectivity index (χ1v) is 21.0. The highest BCUT2D eigenvalue weighted by atomic mass is 16.5. The number of amides is 3. The van der Waals surface area contributed by atoms with Crippen molar-refractivity contribution < 1.29 is 28.7 Å². The molecule has 4 aromatic heterocycles. The van der Waals surface area contributed by atoms with Crippen LogP contribution in [-0.4, -0.2) is 89.0 Å². The predicted molar refractivity (Wildman–Crippen MR) is 234 cm³/mol. The highest BCUT2D eigenvalue weighted by Gasteiger charge is 2.24. The summed E-state index contributed by atoms with van der Waals surface area (Å²) < 4.78 is 19.1. The number of ketones is 1. The smallest absolute Gasteiger partial charge is 0.276 e. The van der Waals surface area contributed by atoms with Crippen LogP contribution in [0.4, 0.5) is 5.95 Å². The number of carbonyl (C=O) groups is 4. The number of imidazole rings is 2. The first kappa shape index (κ1) is 43.3. The number of primary amides is 2. The lowest BCUT2D eigenvalue weighted by Gasteiger charge is -2.22. The predicted octanol–water partition coefficient (Wildman–Crippen LogP) is 4.73. The summed E-state index contributed by atoms with van der Waals surface area (Å²) in [5, 5.41) is 15.2. The van der Waals surface area contributed by atoms with Crippen molar-refractivity contribution in [3.05, 3.63) is 88.3 Å². The number of methoxy groups -OCH3 is 1. The molecule has 1 aliphatic rings.